The van der Waals surface area contributed by atoms with Crippen molar-refractivity contribution in [1.82, 2.24) is 10.1 Å². The van der Waals surface area contributed by atoms with Crippen molar-refractivity contribution in [3.63, 3.8) is 0 Å². The molecule has 2 heterocycles. The summed E-state index contributed by atoms with van der Waals surface area (Å²) in [5, 5.41) is 6.69. The molecule has 1 amide bonds. The number of anilines is 2. The molecule has 0 spiro atoms. The molecule has 0 saturated carbocycles. The molecule has 1 aromatic heterocycles. The number of aromatic nitrogens is 1. The summed E-state index contributed by atoms with van der Waals surface area (Å²) in [6.45, 7) is 5.70. The molecule has 0 bridgehead atoms. The van der Waals surface area contributed by atoms with Crippen LogP contribution in [0.25, 0.3) is 0 Å². The van der Waals surface area contributed by atoms with Crippen LogP contribution in [0.4, 0.5) is 11.4 Å². The number of para-hydroxylation sites is 2. The van der Waals surface area contributed by atoms with Gasteiger partial charge in [0, 0.05) is 32.2 Å². The lowest BCUT2D eigenvalue weighted by molar-refractivity contribution is 0.101. The van der Waals surface area contributed by atoms with Gasteiger partial charge in [0.05, 0.1) is 11.4 Å². The maximum atomic E-state index is 12.3. The Morgan fingerprint density at radius 1 is 1.23 bits per heavy atom. The smallest absolute Gasteiger partial charge is 0.277 e. The molecule has 1 aliphatic rings. The fraction of sp³-hybridized carbons (Fsp3) is 0.375. The minimum Gasteiger partial charge on any atom is -0.367 e. The van der Waals surface area contributed by atoms with Crippen LogP contribution in [0.3, 0.4) is 0 Å². The molecule has 1 fully saturated rings. The summed E-state index contributed by atoms with van der Waals surface area (Å²) in [6.07, 6.45) is 0. The van der Waals surface area contributed by atoms with Gasteiger partial charge in [0.15, 0.2) is 5.69 Å². The number of carbonyl (C=O) groups is 1. The monoisotopic (exact) mass is 300 g/mol. The van der Waals surface area contributed by atoms with Gasteiger partial charge in [0.2, 0.25) is 0 Å². The molecule has 6 nitrogen and oxygen atoms in total. The lowest BCUT2D eigenvalue weighted by atomic mass is 10.2. The summed E-state index contributed by atoms with van der Waals surface area (Å²) < 4.78 is 4.95. The first kappa shape index (κ1) is 14.6. The number of carbonyl (C=O) groups excluding carboxylic acids is 1. The second-order valence-electron chi connectivity index (χ2n) is 5.58. The van der Waals surface area contributed by atoms with Gasteiger partial charge in [-0.3, -0.25) is 4.79 Å². The third-order valence-corrected chi connectivity index (χ3v) is 3.86. The van der Waals surface area contributed by atoms with E-state index in [-0.39, 0.29) is 5.91 Å². The molecule has 0 radical (unpaired) electrons. The van der Waals surface area contributed by atoms with Gasteiger partial charge >= 0.3 is 0 Å². The first-order valence-electron chi connectivity index (χ1n) is 7.40. The van der Waals surface area contributed by atoms with Crippen molar-refractivity contribution in [2.24, 2.45) is 0 Å². The van der Waals surface area contributed by atoms with E-state index in [1.54, 1.807) is 13.0 Å². The summed E-state index contributed by atoms with van der Waals surface area (Å²) in [6, 6.07) is 9.49. The number of benzene rings is 1. The zero-order valence-corrected chi connectivity index (χ0v) is 12.9. The number of nitrogens with one attached hydrogen (secondary N) is 1. The lowest BCUT2D eigenvalue weighted by Gasteiger charge is -2.35. The molecule has 22 heavy (non-hydrogen) atoms. The Morgan fingerprint density at radius 2 is 1.95 bits per heavy atom. The Kier molecular flexibility index (Phi) is 4.11. The highest BCUT2D eigenvalue weighted by Gasteiger charge is 2.19. The maximum Gasteiger partial charge on any atom is 0.277 e. The SMILES string of the molecule is Cc1cc(C(=O)Nc2ccccc2N2CCN(C)CC2)no1. The van der Waals surface area contributed by atoms with Crippen LogP contribution in [0.2, 0.25) is 0 Å². The van der Waals surface area contributed by atoms with E-state index in [1.165, 1.54) is 0 Å². The lowest BCUT2D eigenvalue weighted by Crippen LogP contribution is -2.44. The van der Waals surface area contributed by atoms with E-state index in [2.05, 4.69) is 27.3 Å². The van der Waals surface area contributed by atoms with E-state index in [4.69, 9.17) is 4.52 Å². The third kappa shape index (κ3) is 3.12. The molecular weight excluding hydrogens is 280 g/mol. The van der Waals surface area contributed by atoms with Crippen molar-refractivity contribution in [1.29, 1.82) is 0 Å². The standard InChI is InChI=1S/C16H20N4O2/c1-12-11-14(18-22-12)16(21)17-13-5-3-4-6-15(13)20-9-7-19(2)8-10-20/h3-6,11H,7-10H2,1-2H3,(H,17,21). The van der Waals surface area contributed by atoms with Crippen molar-refractivity contribution < 1.29 is 9.32 Å². The van der Waals surface area contributed by atoms with Crippen LogP contribution in [0.15, 0.2) is 34.9 Å². The van der Waals surface area contributed by atoms with Crippen molar-refractivity contribution in [3.05, 3.63) is 41.8 Å². The highest BCUT2D eigenvalue weighted by molar-refractivity contribution is 6.04. The third-order valence-electron chi connectivity index (χ3n) is 3.86. The second kappa shape index (κ2) is 6.19. The Morgan fingerprint density at radius 3 is 2.64 bits per heavy atom. The molecule has 1 aliphatic heterocycles. The topological polar surface area (TPSA) is 61.6 Å². The zero-order chi connectivity index (χ0) is 15.5. The van der Waals surface area contributed by atoms with Gasteiger partial charge in [-0.15, -0.1) is 0 Å². The molecule has 1 aromatic carbocycles. The van der Waals surface area contributed by atoms with E-state index in [0.29, 0.717) is 11.5 Å². The minimum absolute atomic E-state index is 0.251. The molecule has 2 aromatic rings. The Bertz CT molecular complexity index is 660. The van der Waals surface area contributed by atoms with E-state index < -0.39 is 0 Å². The van der Waals surface area contributed by atoms with Gasteiger partial charge in [0.25, 0.3) is 5.91 Å². The van der Waals surface area contributed by atoms with Crippen molar-refractivity contribution >= 4 is 17.3 Å². The average molecular weight is 300 g/mol. The number of rotatable bonds is 3. The molecule has 0 unspecified atom stereocenters. The Labute approximate surface area is 129 Å². The molecular formula is C16H20N4O2. The number of hydrogen-bond acceptors (Lipinski definition) is 5. The number of piperazine rings is 1. The fourth-order valence-electron chi connectivity index (χ4n) is 2.56. The normalized spacial score (nSPS) is 15.8. The molecule has 0 atom stereocenters. The molecule has 1 saturated heterocycles. The molecule has 6 heteroatoms. The summed E-state index contributed by atoms with van der Waals surface area (Å²) >= 11 is 0. The number of hydrogen-bond donors (Lipinski definition) is 1. The van der Waals surface area contributed by atoms with Gasteiger partial charge in [-0.25, -0.2) is 0 Å². The molecule has 116 valence electrons. The molecule has 1 N–H and O–H groups in total. The van der Waals surface area contributed by atoms with E-state index in [0.717, 1.165) is 37.6 Å². The predicted molar refractivity (Wildman–Crippen MR) is 85.3 cm³/mol. The van der Waals surface area contributed by atoms with Gasteiger partial charge in [-0.05, 0) is 26.1 Å². The summed E-state index contributed by atoms with van der Waals surface area (Å²) in [4.78, 5) is 16.9. The second-order valence-corrected chi connectivity index (χ2v) is 5.58. The Balaban J connectivity index is 1.78. The first-order valence-corrected chi connectivity index (χ1v) is 7.40. The highest BCUT2D eigenvalue weighted by atomic mass is 16.5. The van der Waals surface area contributed by atoms with Gasteiger partial charge in [0.1, 0.15) is 5.76 Å². The van der Waals surface area contributed by atoms with Crippen LogP contribution in [0.5, 0.6) is 0 Å². The highest BCUT2D eigenvalue weighted by Crippen LogP contribution is 2.26. The van der Waals surface area contributed by atoms with Crippen molar-refractivity contribution in [2.45, 2.75) is 6.92 Å². The number of amides is 1. The number of aryl methyl sites for hydroxylation is 1. The van der Waals surface area contributed by atoms with E-state index >= 15 is 0 Å². The maximum absolute atomic E-state index is 12.3. The van der Waals surface area contributed by atoms with Crippen LogP contribution in [-0.2, 0) is 0 Å². The van der Waals surface area contributed by atoms with Crippen LogP contribution < -0.4 is 10.2 Å². The average Bonchev–Trinajstić information content (AvgIpc) is 2.95. The van der Waals surface area contributed by atoms with Crippen LogP contribution in [0.1, 0.15) is 16.2 Å². The Hall–Kier alpha value is -2.34. The summed E-state index contributed by atoms with van der Waals surface area (Å²) in [5.41, 5.74) is 2.15. The quantitative estimate of drug-likeness (QED) is 0.939. The van der Waals surface area contributed by atoms with Gasteiger partial charge in [-0.2, -0.15) is 0 Å². The largest absolute Gasteiger partial charge is 0.367 e. The van der Waals surface area contributed by atoms with Crippen molar-refractivity contribution in [3.8, 4) is 0 Å². The molecule has 3 rings (SSSR count). The van der Waals surface area contributed by atoms with Crippen LogP contribution >= 0.6 is 0 Å². The van der Waals surface area contributed by atoms with Crippen molar-refractivity contribution in [2.75, 3.05) is 43.4 Å². The predicted octanol–water partition coefficient (Wildman–Crippen LogP) is 1.99. The minimum atomic E-state index is -0.251. The van der Waals surface area contributed by atoms with Gasteiger partial charge in [-0.1, -0.05) is 17.3 Å². The summed E-state index contributed by atoms with van der Waals surface area (Å²) in [5.74, 6) is 0.371. The fourth-order valence-corrected chi connectivity index (χ4v) is 2.56. The van der Waals surface area contributed by atoms with E-state index in [1.807, 2.05) is 24.3 Å². The van der Waals surface area contributed by atoms with Gasteiger partial charge < -0.3 is 19.6 Å². The molecule has 0 aliphatic carbocycles. The number of nitrogens with zero attached hydrogens (tertiary/aromatic N) is 3. The van der Waals surface area contributed by atoms with Crippen LogP contribution in [0, 0.1) is 6.92 Å². The zero-order valence-electron chi connectivity index (χ0n) is 12.9. The first-order chi connectivity index (χ1) is 10.6. The van der Waals surface area contributed by atoms with E-state index in [9.17, 15) is 4.79 Å². The number of likely N-dealkylation sites (N-methyl/N-ethyl adjacent to an activating group) is 1. The van der Waals surface area contributed by atoms with Crippen LogP contribution in [-0.4, -0.2) is 49.2 Å². The summed E-state index contributed by atoms with van der Waals surface area (Å²) in [7, 11) is 2.12.